The van der Waals surface area contributed by atoms with Crippen LogP contribution in [0.25, 0.3) is 0 Å². The first kappa shape index (κ1) is 37.5. The maximum absolute atomic E-state index is 13.1. The van der Waals surface area contributed by atoms with Gasteiger partial charge in [-0.05, 0) is 86.8 Å². The molecule has 0 saturated heterocycles. The minimum absolute atomic E-state index is 0.0985. The summed E-state index contributed by atoms with van der Waals surface area (Å²) in [5.41, 5.74) is 17.4. The minimum Gasteiger partial charge on any atom is -0.449 e. The van der Waals surface area contributed by atoms with E-state index in [0.717, 1.165) is 25.7 Å². The van der Waals surface area contributed by atoms with Crippen molar-refractivity contribution in [1.82, 2.24) is 5.32 Å². The van der Waals surface area contributed by atoms with E-state index in [1.807, 2.05) is 30.3 Å². The maximum Gasteiger partial charge on any atom is 0.418 e. The zero-order valence-electron chi connectivity index (χ0n) is 26.1. The van der Waals surface area contributed by atoms with Crippen molar-refractivity contribution >= 4 is 57.0 Å². The Bertz CT molecular complexity index is 1430. The quantitative estimate of drug-likeness (QED) is 0.0816. The highest BCUT2D eigenvalue weighted by molar-refractivity contribution is 7.87. The first-order valence-corrected chi connectivity index (χ1v) is 17.3. The van der Waals surface area contributed by atoms with Gasteiger partial charge >= 0.3 is 22.2 Å². The molecule has 1 atom stereocenters. The van der Waals surface area contributed by atoms with Gasteiger partial charge in [-0.15, -0.1) is 0 Å². The Morgan fingerprint density at radius 1 is 0.957 bits per heavy atom. The lowest BCUT2D eigenvalue weighted by Crippen LogP contribution is -2.37. The number of hydrogen-bond donors (Lipinski definition) is 4. The van der Waals surface area contributed by atoms with Gasteiger partial charge in [-0.3, -0.25) is 9.79 Å². The molecule has 3 rings (SSSR count). The van der Waals surface area contributed by atoms with Crippen molar-refractivity contribution in [2.45, 2.75) is 44.6 Å². The second-order valence-electron chi connectivity index (χ2n) is 11.2. The summed E-state index contributed by atoms with van der Waals surface area (Å²) in [4.78, 5) is 42.5. The molecule has 1 fully saturated rings. The maximum atomic E-state index is 13.1. The lowest BCUT2D eigenvalue weighted by molar-refractivity contribution is -0.135. The molecule has 14 nitrogen and oxygen atoms in total. The zero-order chi connectivity index (χ0) is 34.2. The summed E-state index contributed by atoms with van der Waals surface area (Å²) >= 11 is 6.03. The Morgan fingerprint density at radius 3 is 2.21 bits per heavy atom. The van der Waals surface area contributed by atoms with Gasteiger partial charge in [0.1, 0.15) is 18.4 Å². The van der Waals surface area contributed by atoms with E-state index in [9.17, 15) is 22.8 Å². The summed E-state index contributed by atoms with van der Waals surface area (Å²) < 4.78 is 40.0. The van der Waals surface area contributed by atoms with Gasteiger partial charge in [0, 0.05) is 18.1 Å². The van der Waals surface area contributed by atoms with Gasteiger partial charge in [0.2, 0.25) is 5.91 Å². The number of anilines is 2. The molecule has 1 aliphatic rings. The molecule has 1 aliphatic carbocycles. The number of aliphatic imine (C=N–C) groups is 1. The summed E-state index contributed by atoms with van der Waals surface area (Å²) in [6.07, 6.45) is 3.41. The molecule has 0 radical (unpaired) electrons. The van der Waals surface area contributed by atoms with Crippen molar-refractivity contribution in [3.8, 4) is 0 Å². The highest BCUT2D eigenvalue weighted by Crippen LogP contribution is 2.31. The second kappa shape index (κ2) is 19.0. The van der Waals surface area contributed by atoms with Crippen molar-refractivity contribution in [3.05, 3.63) is 59.6 Å². The van der Waals surface area contributed by atoms with E-state index < -0.39 is 39.9 Å². The van der Waals surface area contributed by atoms with Crippen molar-refractivity contribution < 1.29 is 36.5 Å². The van der Waals surface area contributed by atoms with Crippen molar-refractivity contribution in [2.24, 2.45) is 34.0 Å². The molecule has 7 N–H and O–H groups in total. The van der Waals surface area contributed by atoms with Crippen LogP contribution >= 0.6 is 11.6 Å². The van der Waals surface area contributed by atoms with Crippen molar-refractivity contribution in [2.75, 3.05) is 43.6 Å². The fourth-order valence-electron chi connectivity index (χ4n) is 4.90. The van der Waals surface area contributed by atoms with E-state index in [-0.39, 0.29) is 50.5 Å². The number of benzene rings is 2. The average molecular weight is 695 g/mol. The Hall–Kier alpha value is -3.92. The number of ether oxygens (including phenoxy) is 2. The van der Waals surface area contributed by atoms with E-state index in [1.54, 1.807) is 24.3 Å². The number of guanidine groups is 1. The van der Waals surface area contributed by atoms with E-state index in [1.165, 1.54) is 4.90 Å². The number of carbonyl (C=O) groups is 3. The lowest BCUT2D eigenvalue weighted by atomic mass is 9.83. The van der Waals surface area contributed by atoms with Gasteiger partial charge in [0.25, 0.3) is 0 Å². The predicted molar refractivity (Wildman–Crippen MR) is 178 cm³/mol. The number of amides is 2. The molecule has 2 amide bonds. The number of carbonyl (C=O) groups excluding carboxylic acids is 3. The average Bonchev–Trinajstić information content (AvgIpc) is 3.03. The Balaban J connectivity index is 1.30. The number of nitrogens with two attached hydrogens (primary N) is 3. The molecule has 1 saturated carbocycles. The number of nitrogens with zero attached hydrogens (tertiary/aromatic N) is 2. The normalized spacial score (nSPS) is 16.8. The van der Waals surface area contributed by atoms with Gasteiger partial charge < -0.3 is 36.2 Å². The SMILES string of the molecule is NC(N)=NCCC[C@H](N)C(=O)OS(=O)(=O)CCNC(=O)COCC1CCC(COC(=O)N(c2ccccc2)c2ccc(Cl)cc2)CC1. The third kappa shape index (κ3) is 13.8. The monoisotopic (exact) mass is 694 g/mol. The van der Waals surface area contributed by atoms with Crippen LogP contribution in [0.1, 0.15) is 38.5 Å². The number of halogens is 1. The minimum atomic E-state index is -4.24. The van der Waals surface area contributed by atoms with Crippen LogP contribution in [-0.4, -0.2) is 77.1 Å². The third-order valence-corrected chi connectivity index (χ3v) is 8.81. The molecule has 16 heteroatoms. The number of rotatable bonds is 17. The van der Waals surface area contributed by atoms with Gasteiger partial charge in [0.05, 0.1) is 24.6 Å². The van der Waals surface area contributed by atoms with Crippen LogP contribution in [-0.2, 0) is 33.4 Å². The Kier molecular flexibility index (Phi) is 15.2. The fraction of sp³-hybridized carbons (Fsp3) is 0.484. The van der Waals surface area contributed by atoms with Crippen LogP contribution in [0.5, 0.6) is 0 Å². The first-order chi connectivity index (χ1) is 22.4. The highest BCUT2D eigenvalue weighted by atomic mass is 35.5. The van der Waals surface area contributed by atoms with Crippen LogP contribution < -0.4 is 27.4 Å². The molecule has 0 heterocycles. The van der Waals surface area contributed by atoms with Gasteiger partial charge in [-0.2, -0.15) is 8.42 Å². The summed E-state index contributed by atoms with van der Waals surface area (Å²) in [5.74, 6) is -1.84. The van der Waals surface area contributed by atoms with Crippen molar-refractivity contribution in [1.29, 1.82) is 0 Å². The van der Waals surface area contributed by atoms with Crippen LogP contribution in [0, 0.1) is 11.8 Å². The molecule has 47 heavy (non-hydrogen) atoms. The Morgan fingerprint density at radius 2 is 1.57 bits per heavy atom. The molecular formula is C31H43ClN6O8S. The van der Waals surface area contributed by atoms with E-state index >= 15 is 0 Å². The number of nitrogens with one attached hydrogen (secondary N) is 1. The zero-order valence-corrected chi connectivity index (χ0v) is 27.7. The Labute approximate surface area is 280 Å². The summed E-state index contributed by atoms with van der Waals surface area (Å²) in [6, 6.07) is 15.1. The topological polar surface area (TPSA) is 219 Å². The lowest BCUT2D eigenvalue weighted by Gasteiger charge is -2.29. The van der Waals surface area contributed by atoms with Gasteiger partial charge in [0.15, 0.2) is 5.96 Å². The molecule has 0 unspecified atom stereocenters. The molecule has 0 aromatic heterocycles. The van der Waals surface area contributed by atoms with Gasteiger partial charge in [-0.1, -0.05) is 29.8 Å². The summed E-state index contributed by atoms with van der Waals surface area (Å²) in [7, 11) is -4.24. The molecule has 0 aliphatic heterocycles. The van der Waals surface area contributed by atoms with Crippen LogP contribution in [0.4, 0.5) is 16.2 Å². The number of para-hydroxylation sites is 1. The fourth-order valence-corrected chi connectivity index (χ4v) is 5.83. The molecule has 0 bridgehead atoms. The molecular weight excluding hydrogens is 652 g/mol. The predicted octanol–water partition coefficient (Wildman–Crippen LogP) is 2.81. The standard InChI is InChI=1S/C31H43ClN6O8S/c32-24-12-14-26(15-13-24)38(25-5-2-1-3-6-25)31(41)45-20-23-10-8-22(9-11-23)19-44-21-28(39)36-17-18-47(42,43)46-29(40)27(33)7-4-16-37-30(34)35/h1-3,5-6,12-15,22-23,27H,4,7-11,16-21,33H2,(H,36,39)(H4,34,35,37)/t22?,23?,27-/m0/s1. The smallest absolute Gasteiger partial charge is 0.418 e. The van der Waals surface area contributed by atoms with E-state index in [4.69, 9.17) is 38.3 Å². The summed E-state index contributed by atoms with van der Waals surface area (Å²) in [6.45, 7) is 0.396. The number of hydrogen-bond acceptors (Lipinski definition) is 10. The van der Waals surface area contributed by atoms with Crippen LogP contribution in [0.15, 0.2) is 59.6 Å². The summed E-state index contributed by atoms with van der Waals surface area (Å²) in [5, 5.41) is 3.01. The van der Waals surface area contributed by atoms with Crippen LogP contribution in [0.2, 0.25) is 5.02 Å². The van der Waals surface area contributed by atoms with Crippen molar-refractivity contribution in [3.63, 3.8) is 0 Å². The largest absolute Gasteiger partial charge is 0.449 e. The molecule has 258 valence electrons. The van der Waals surface area contributed by atoms with E-state index in [0.29, 0.717) is 29.4 Å². The molecule has 2 aromatic carbocycles. The van der Waals surface area contributed by atoms with E-state index in [2.05, 4.69) is 14.5 Å². The molecule has 2 aromatic rings. The third-order valence-electron chi connectivity index (χ3n) is 7.43. The second-order valence-corrected chi connectivity index (χ2v) is 13.3. The van der Waals surface area contributed by atoms with Crippen LogP contribution in [0.3, 0.4) is 0 Å². The highest BCUT2D eigenvalue weighted by Gasteiger charge is 2.26. The van der Waals surface area contributed by atoms with Gasteiger partial charge in [-0.25, -0.2) is 14.5 Å². The molecule has 0 spiro atoms. The first-order valence-electron chi connectivity index (χ1n) is 15.3.